The van der Waals surface area contributed by atoms with Crippen molar-refractivity contribution in [2.24, 2.45) is 0 Å². The van der Waals surface area contributed by atoms with Crippen molar-refractivity contribution in [3.8, 4) is 16.9 Å². The van der Waals surface area contributed by atoms with E-state index in [1.54, 1.807) is 0 Å². The van der Waals surface area contributed by atoms with Crippen LogP contribution >= 0.6 is 0 Å². The highest BCUT2D eigenvalue weighted by Crippen LogP contribution is 2.22. The minimum Gasteiger partial charge on any atom is -0.492 e. The molecule has 1 aliphatic heterocycles. The van der Waals surface area contributed by atoms with Crippen molar-refractivity contribution in [1.29, 1.82) is 0 Å². The predicted octanol–water partition coefficient (Wildman–Crippen LogP) is 5.37. The van der Waals surface area contributed by atoms with Gasteiger partial charge in [0.15, 0.2) is 0 Å². The summed E-state index contributed by atoms with van der Waals surface area (Å²) in [4.78, 5) is 19.0. The Balaban J connectivity index is 0.00000109. The van der Waals surface area contributed by atoms with Crippen LogP contribution in [0.1, 0.15) is 39.0 Å². The lowest BCUT2D eigenvalue weighted by Crippen LogP contribution is -2.38. The molecule has 1 aliphatic rings. The molecular weight excluding hydrogens is 450 g/mol. The largest absolute Gasteiger partial charge is 0.492 e. The highest BCUT2D eigenvalue weighted by atomic mass is 16.5. The molecule has 0 bridgehead atoms. The number of aromatic nitrogens is 1. The Hall–Kier alpha value is -3.22. The second kappa shape index (κ2) is 17.2. The molecule has 36 heavy (non-hydrogen) atoms. The minimum atomic E-state index is -0.0346. The van der Waals surface area contributed by atoms with E-state index in [9.17, 15) is 4.79 Å². The Morgan fingerprint density at radius 1 is 0.917 bits per heavy atom. The minimum absolute atomic E-state index is 0.0346. The number of nitrogens with one attached hydrogen (secondary N) is 1. The van der Waals surface area contributed by atoms with Gasteiger partial charge >= 0.3 is 0 Å². The van der Waals surface area contributed by atoms with Crippen molar-refractivity contribution >= 4 is 5.91 Å². The maximum atomic E-state index is 12.2. The van der Waals surface area contributed by atoms with Gasteiger partial charge in [-0.25, -0.2) is 0 Å². The van der Waals surface area contributed by atoms with Crippen LogP contribution in [0.15, 0.2) is 72.9 Å². The van der Waals surface area contributed by atoms with Crippen LogP contribution in [0.2, 0.25) is 0 Å². The smallest absolute Gasteiger partial charge is 0.226 e. The fourth-order valence-corrected chi connectivity index (χ4v) is 3.58. The summed E-state index contributed by atoms with van der Waals surface area (Å²) in [6.45, 7) is 13.7. The first kappa shape index (κ1) is 29.0. The van der Waals surface area contributed by atoms with Crippen molar-refractivity contribution in [2.75, 3.05) is 39.5 Å². The van der Waals surface area contributed by atoms with Gasteiger partial charge < -0.3 is 14.8 Å². The number of rotatable bonds is 9. The van der Waals surface area contributed by atoms with Gasteiger partial charge in [0.2, 0.25) is 5.91 Å². The molecule has 2 heterocycles. The summed E-state index contributed by atoms with van der Waals surface area (Å²) < 4.78 is 11.2. The Bertz CT molecular complexity index is 971. The molecule has 0 spiro atoms. The molecule has 3 aromatic rings. The molecule has 194 valence electrons. The van der Waals surface area contributed by atoms with Gasteiger partial charge in [-0.1, -0.05) is 76.2 Å². The molecule has 4 rings (SSSR count). The standard InChI is InChI=1S/C26H29N3O3.2C2H6/c30-26(28-19-21-4-2-1-3-5-21)18-24-9-6-23(20-27-24)22-7-10-25(11-8-22)32-17-14-29-12-15-31-16-13-29;2*1-2/h1-11,20H,12-19H2,(H,28,30);2*1-2H3. The van der Waals surface area contributed by atoms with Gasteiger partial charge in [-0.3, -0.25) is 14.7 Å². The second-order valence-electron chi connectivity index (χ2n) is 7.80. The molecule has 1 N–H and O–H groups in total. The van der Waals surface area contributed by atoms with Crippen molar-refractivity contribution < 1.29 is 14.3 Å². The van der Waals surface area contributed by atoms with Crippen LogP contribution < -0.4 is 10.1 Å². The summed E-state index contributed by atoms with van der Waals surface area (Å²) in [6.07, 6.45) is 2.08. The van der Waals surface area contributed by atoms with Crippen LogP contribution in [0.5, 0.6) is 5.75 Å². The fraction of sp³-hybridized carbons (Fsp3) is 0.400. The van der Waals surface area contributed by atoms with E-state index in [0.29, 0.717) is 13.2 Å². The Morgan fingerprint density at radius 3 is 2.22 bits per heavy atom. The number of hydrogen-bond donors (Lipinski definition) is 1. The van der Waals surface area contributed by atoms with E-state index in [1.807, 2.05) is 101 Å². The Kier molecular flexibility index (Phi) is 13.9. The number of hydrogen-bond acceptors (Lipinski definition) is 5. The number of ether oxygens (including phenoxy) is 2. The highest BCUT2D eigenvalue weighted by molar-refractivity contribution is 5.78. The number of carbonyl (C=O) groups excluding carboxylic acids is 1. The van der Waals surface area contributed by atoms with Gasteiger partial charge in [0.05, 0.1) is 19.6 Å². The topological polar surface area (TPSA) is 63.7 Å². The Morgan fingerprint density at radius 2 is 1.58 bits per heavy atom. The zero-order valence-corrected chi connectivity index (χ0v) is 22.2. The molecular formula is C30H41N3O3. The van der Waals surface area contributed by atoms with Crippen molar-refractivity contribution in [2.45, 2.75) is 40.7 Å². The average Bonchev–Trinajstić information content (AvgIpc) is 2.96. The van der Waals surface area contributed by atoms with Gasteiger partial charge in [-0.2, -0.15) is 0 Å². The van der Waals surface area contributed by atoms with Crippen molar-refractivity contribution in [3.63, 3.8) is 0 Å². The average molecular weight is 492 g/mol. The van der Waals surface area contributed by atoms with Gasteiger partial charge in [0, 0.05) is 43.6 Å². The molecule has 0 radical (unpaired) electrons. The maximum absolute atomic E-state index is 12.2. The Labute approximate surface area is 216 Å². The third kappa shape index (κ3) is 10.2. The lowest BCUT2D eigenvalue weighted by Gasteiger charge is -2.26. The van der Waals surface area contributed by atoms with E-state index < -0.39 is 0 Å². The molecule has 0 aliphatic carbocycles. The summed E-state index contributed by atoms with van der Waals surface area (Å²) in [5.74, 6) is 0.828. The summed E-state index contributed by atoms with van der Waals surface area (Å²) in [6, 6.07) is 21.8. The fourth-order valence-electron chi connectivity index (χ4n) is 3.58. The van der Waals surface area contributed by atoms with E-state index in [1.165, 1.54) is 0 Å². The zero-order chi connectivity index (χ0) is 26.0. The van der Waals surface area contributed by atoms with Gasteiger partial charge in [0.1, 0.15) is 12.4 Å². The SMILES string of the molecule is CC.CC.O=C(Cc1ccc(-c2ccc(OCCN3CCOCC3)cc2)cn1)NCc1ccccc1. The van der Waals surface area contributed by atoms with E-state index in [2.05, 4.69) is 15.2 Å². The molecule has 0 atom stereocenters. The molecule has 1 amide bonds. The summed E-state index contributed by atoms with van der Waals surface area (Å²) >= 11 is 0. The molecule has 1 saturated heterocycles. The molecule has 1 fully saturated rings. The quantitative estimate of drug-likeness (QED) is 0.436. The number of pyridine rings is 1. The van der Waals surface area contributed by atoms with Crippen LogP contribution in [0.3, 0.4) is 0 Å². The third-order valence-electron chi connectivity index (χ3n) is 5.47. The first-order valence-corrected chi connectivity index (χ1v) is 13.1. The summed E-state index contributed by atoms with van der Waals surface area (Å²) in [5.41, 5.74) is 3.91. The maximum Gasteiger partial charge on any atom is 0.226 e. The lowest BCUT2D eigenvalue weighted by atomic mass is 10.1. The van der Waals surface area contributed by atoms with E-state index in [0.717, 1.165) is 61.0 Å². The molecule has 2 aromatic carbocycles. The van der Waals surface area contributed by atoms with Gasteiger partial charge in [-0.05, 0) is 29.3 Å². The molecule has 6 heteroatoms. The number of nitrogens with zero attached hydrogens (tertiary/aromatic N) is 2. The summed E-state index contributed by atoms with van der Waals surface area (Å²) in [5, 5.41) is 2.94. The third-order valence-corrected chi connectivity index (χ3v) is 5.47. The molecule has 1 aromatic heterocycles. The van der Waals surface area contributed by atoms with E-state index in [-0.39, 0.29) is 12.3 Å². The first-order valence-electron chi connectivity index (χ1n) is 13.1. The second-order valence-corrected chi connectivity index (χ2v) is 7.80. The first-order chi connectivity index (χ1) is 17.8. The van der Waals surface area contributed by atoms with Crippen LogP contribution in [0, 0.1) is 0 Å². The van der Waals surface area contributed by atoms with Crippen LogP contribution in [-0.4, -0.2) is 55.2 Å². The molecule has 6 nitrogen and oxygen atoms in total. The zero-order valence-electron chi connectivity index (χ0n) is 22.2. The van der Waals surface area contributed by atoms with E-state index in [4.69, 9.17) is 9.47 Å². The van der Waals surface area contributed by atoms with Crippen molar-refractivity contribution in [3.05, 3.63) is 84.2 Å². The molecule has 0 saturated carbocycles. The normalized spacial score (nSPS) is 12.9. The number of benzene rings is 2. The molecule has 0 unspecified atom stereocenters. The monoisotopic (exact) mass is 491 g/mol. The lowest BCUT2D eigenvalue weighted by molar-refractivity contribution is -0.120. The van der Waals surface area contributed by atoms with Gasteiger partial charge in [0.25, 0.3) is 0 Å². The van der Waals surface area contributed by atoms with Crippen LogP contribution in [-0.2, 0) is 22.5 Å². The predicted molar refractivity (Wildman–Crippen MR) is 147 cm³/mol. The number of amides is 1. The van der Waals surface area contributed by atoms with Gasteiger partial charge in [-0.15, -0.1) is 0 Å². The van der Waals surface area contributed by atoms with Crippen LogP contribution in [0.25, 0.3) is 11.1 Å². The summed E-state index contributed by atoms with van der Waals surface area (Å²) in [7, 11) is 0. The van der Waals surface area contributed by atoms with Crippen LogP contribution in [0.4, 0.5) is 0 Å². The number of morpholine rings is 1. The highest BCUT2D eigenvalue weighted by Gasteiger charge is 2.10. The van der Waals surface area contributed by atoms with E-state index >= 15 is 0 Å². The number of carbonyl (C=O) groups is 1. The van der Waals surface area contributed by atoms with Crippen molar-refractivity contribution in [1.82, 2.24) is 15.2 Å².